The monoisotopic (exact) mass is 288 g/mol. The lowest BCUT2D eigenvalue weighted by Crippen LogP contribution is -2.40. The molecule has 5 heteroatoms. The Morgan fingerprint density at radius 2 is 1.71 bits per heavy atom. The highest BCUT2D eigenvalue weighted by atomic mass is 19.1. The molecule has 0 N–H and O–H groups in total. The maximum Gasteiger partial charge on any atom is 0.335 e. The molecule has 0 aliphatic heterocycles. The van der Waals surface area contributed by atoms with Crippen LogP contribution in [-0.4, -0.2) is 9.13 Å². The topological polar surface area (TPSA) is 44.0 Å². The predicted octanol–water partition coefficient (Wildman–Crippen LogP) is 2.56. The summed E-state index contributed by atoms with van der Waals surface area (Å²) in [6.07, 6.45) is 5.78. The van der Waals surface area contributed by atoms with Gasteiger partial charge in [-0.1, -0.05) is 12.8 Å². The molecule has 1 heterocycles. The van der Waals surface area contributed by atoms with E-state index in [1.54, 1.807) is 17.7 Å². The van der Waals surface area contributed by atoms with Gasteiger partial charge in [0.25, 0.3) is 5.56 Å². The van der Waals surface area contributed by atoms with Crippen molar-refractivity contribution < 1.29 is 4.39 Å². The molecule has 1 aromatic carbocycles. The maximum atomic E-state index is 13.0. The molecule has 3 rings (SSSR count). The lowest BCUT2D eigenvalue weighted by molar-refractivity contribution is 0.479. The van der Waals surface area contributed by atoms with Crippen molar-refractivity contribution in [1.29, 1.82) is 0 Å². The highest BCUT2D eigenvalue weighted by Gasteiger charge is 2.20. The third-order valence-electron chi connectivity index (χ3n) is 4.09. The van der Waals surface area contributed by atoms with E-state index in [2.05, 4.69) is 0 Å². The first kappa shape index (κ1) is 13.8. The molecule has 0 unspecified atom stereocenters. The molecule has 4 nitrogen and oxygen atoms in total. The van der Waals surface area contributed by atoms with E-state index < -0.39 is 5.82 Å². The van der Waals surface area contributed by atoms with Crippen LogP contribution in [0.15, 0.2) is 40.1 Å². The number of aryl methyl sites for hydroxylation is 1. The standard InChI is InChI=1S/C16H17FN2O2/c1-11-10-18(13-4-2-3-5-13)16(21)19(15(11)20)14-8-6-12(17)7-9-14/h6-10,13H,2-5H2,1H3. The van der Waals surface area contributed by atoms with Gasteiger partial charge in [-0.3, -0.25) is 9.36 Å². The largest absolute Gasteiger partial charge is 0.335 e. The molecule has 0 atom stereocenters. The zero-order chi connectivity index (χ0) is 15.0. The summed E-state index contributed by atoms with van der Waals surface area (Å²) >= 11 is 0. The highest BCUT2D eigenvalue weighted by molar-refractivity contribution is 5.32. The second-order valence-electron chi connectivity index (χ2n) is 5.56. The van der Waals surface area contributed by atoms with E-state index in [0.717, 1.165) is 30.3 Å². The number of aromatic nitrogens is 2. The first-order valence-corrected chi connectivity index (χ1v) is 7.18. The Morgan fingerprint density at radius 1 is 1.10 bits per heavy atom. The molecule has 2 aromatic rings. The average Bonchev–Trinajstić information content (AvgIpc) is 2.99. The van der Waals surface area contributed by atoms with Crippen molar-refractivity contribution in [3.8, 4) is 5.69 Å². The zero-order valence-electron chi connectivity index (χ0n) is 11.9. The number of nitrogens with zero attached hydrogens (tertiary/aromatic N) is 2. The quantitative estimate of drug-likeness (QED) is 0.852. The van der Waals surface area contributed by atoms with Crippen LogP contribution in [0, 0.1) is 12.7 Å². The molecular weight excluding hydrogens is 271 g/mol. The van der Waals surface area contributed by atoms with Gasteiger partial charge in [-0.15, -0.1) is 0 Å². The Balaban J connectivity index is 2.21. The lowest BCUT2D eigenvalue weighted by Gasteiger charge is -2.16. The highest BCUT2D eigenvalue weighted by Crippen LogP contribution is 2.28. The maximum absolute atomic E-state index is 13.0. The molecule has 1 aliphatic carbocycles. The van der Waals surface area contributed by atoms with Gasteiger partial charge in [0, 0.05) is 17.8 Å². The van der Waals surface area contributed by atoms with E-state index in [4.69, 9.17) is 0 Å². The summed E-state index contributed by atoms with van der Waals surface area (Å²) in [5, 5.41) is 0. The number of rotatable bonds is 2. The first-order chi connectivity index (χ1) is 10.1. The molecular formula is C16H17FN2O2. The summed E-state index contributed by atoms with van der Waals surface area (Å²) in [6, 6.07) is 5.57. The van der Waals surface area contributed by atoms with E-state index in [-0.39, 0.29) is 17.3 Å². The van der Waals surface area contributed by atoms with E-state index >= 15 is 0 Å². The second kappa shape index (κ2) is 5.31. The van der Waals surface area contributed by atoms with Crippen LogP contribution in [0.5, 0.6) is 0 Å². The van der Waals surface area contributed by atoms with Crippen LogP contribution in [-0.2, 0) is 0 Å². The second-order valence-corrected chi connectivity index (χ2v) is 5.56. The lowest BCUT2D eigenvalue weighted by atomic mass is 10.2. The minimum absolute atomic E-state index is 0.156. The number of hydrogen-bond acceptors (Lipinski definition) is 2. The SMILES string of the molecule is Cc1cn(C2CCCC2)c(=O)n(-c2ccc(F)cc2)c1=O. The van der Waals surface area contributed by atoms with Crippen molar-refractivity contribution in [2.45, 2.75) is 38.6 Å². The summed E-state index contributed by atoms with van der Waals surface area (Å²) in [7, 11) is 0. The molecule has 0 bridgehead atoms. The van der Waals surface area contributed by atoms with Crippen molar-refractivity contribution in [2.24, 2.45) is 0 Å². The number of benzene rings is 1. The van der Waals surface area contributed by atoms with Gasteiger partial charge in [0.2, 0.25) is 0 Å². The van der Waals surface area contributed by atoms with Gasteiger partial charge in [-0.05, 0) is 44.0 Å². The molecule has 0 amide bonds. The molecule has 0 saturated heterocycles. The molecule has 110 valence electrons. The van der Waals surface area contributed by atoms with E-state index in [9.17, 15) is 14.0 Å². The minimum Gasteiger partial charge on any atom is -0.297 e. The molecule has 1 aliphatic rings. The number of halogens is 1. The summed E-state index contributed by atoms with van der Waals surface area (Å²) in [6.45, 7) is 1.70. The van der Waals surface area contributed by atoms with E-state index in [0.29, 0.717) is 11.3 Å². The summed E-state index contributed by atoms with van der Waals surface area (Å²) in [5.74, 6) is -0.393. The minimum atomic E-state index is -0.393. The van der Waals surface area contributed by atoms with Gasteiger partial charge in [0.1, 0.15) is 5.82 Å². The predicted molar refractivity (Wildman–Crippen MR) is 78.5 cm³/mol. The van der Waals surface area contributed by atoms with E-state index in [1.165, 1.54) is 24.3 Å². The zero-order valence-corrected chi connectivity index (χ0v) is 11.9. The van der Waals surface area contributed by atoms with Crippen molar-refractivity contribution >= 4 is 0 Å². The average molecular weight is 288 g/mol. The fourth-order valence-electron chi connectivity index (χ4n) is 2.96. The Hall–Kier alpha value is -2.17. The van der Waals surface area contributed by atoms with Crippen LogP contribution >= 0.6 is 0 Å². The Kier molecular flexibility index (Phi) is 3.49. The molecule has 0 spiro atoms. The Morgan fingerprint density at radius 3 is 2.33 bits per heavy atom. The van der Waals surface area contributed by atoms with E-state index in [1.807, 2.05) is 0 Å². The summed E-state index contributed by atoms with van der Waals surface area (Å²) < 4.78 is 15.8. The fourth-order valence-corrected chi connectivity index (χ4v) is 2.96. The van der Waals surface area contributed by atoms with Crippen LogP contribution in [0.1, 0.15) is 37.3 Å². The Labute approximate surface area is 121 Å². The molecule has 21 heavy (non-hydrogen) atoms. The first-order valence-electron chi connectivity index (χ1n) is 7.18. The summed E-state index contributed by atoms with van der Waals surface area (Å²) in [4.78, 5) is 24.9. The molecule has 1 aromatic heterocycles. The van der Waals surface area contributed by atoms with Gasteiger partial charge < -0.3 is 0 Å². The normalized spacial score (nSPS) is 15.5. The van der Waals surface area contributed by atoms with Crippen LogP contribution in [0.25, 0.3) is 5.69 Å². The van der Waals surface area contributed by atoms with Crippen molar-refractivity contribution in [1.82, 2.24) is 9.13 Å². The van der Waals surface area contributed by atoms with Gasteiger partial charge in [-0.2, -0.15) is 0 Å². The molecule has 1 saturated carbocycles. The van der Waals surface area contributed by atoms with Crippen LogP contribution in [0.4, 0.5) is 4.39 Å². The van der Waals surface area contributed by atoms with Gasteiger partial charge in [-0.25, -0.2) is 13.8 Å². The number of hydrogen-bond donors (Lipinski definition) is 0. The summed E-state index contributed by atoms with van der Waals surface area (Å²) in [5.41, 5.74) is 0.234. The van der Waals surface area contributed by atoms with Crippen LogP contribution in [0.2, 0.25) is 0 Å². The van der Waals surface area contributed by atoms with Gasteiger partial charge >= 0.3 is 5.69 Å². The third-order valence-corrected chi connectivity index (χ3v) is 4.09. The van der Waals surface area contributed by atoms with Gasteiger partial charge in [0.15, 0.2) is 0 Å². The van der Waals surface area contributed by atoms with Crippen LogP contribution in [0.3, 0.4) is 0 Å². The fraction of sp³-hybridized carbons (Fsp3) is 0.375. The molecule has 0 radical (unpaired) electrons. The Bertz CT molecular complexity index is 768. The van der Waals surface area contributed by atoms with Crippen molar-refractivity contribution in [3.63, 3.8) is 0 Å². The molecule has 1 fully saturated rings. The van der Waals surface area contributed by atoms with Crippen LogP contribution < -0.4 is 11.2 Å². The third kappa shape index (κ3) is 2.44. The van der Waals surface area contributed by atoms with Crippen molar-refractivity contribution in [2.75, 3.05) is 0 Å². The smallest absolute Gasteiger partial charge is 0.297 e. The van der Waals surface area contributed by atoms with Crippen molar-refractivity contribution in [3.05, 3.63) is 62.7 Å². The van der Waals surface area contributed by atoms with Gasteiger partial charge in [0.05, 0.1) is 5.69 Å².